The molecule has 0 aliphatic heterocycles. The molecule has 0 saturated carbocycles. The van der Waals surface area contributed by atoms with E-state index in [0.29, 0.717) is 29.5 Å². The van der Waals surface area contributed by atoms with E-state index in [1.807, 2.05) is 0 Å². The van der Waals surface area contributed by atoms with E-state index >= 15 is 0 Å². The number of hydrogen-bond donors (Lipinski definition) is 2. The van der Waals surface area contributed by atoms with Crippen LogP contribution in [0.2, 0.25) is 0 Å². The maximum atomic E-state index is 12.2. The second-order valence-corrected chi connectivity index (χ2v) is 6.53. The van der Waals surface area contributed by atoms with Crippen molar-refractivity contribution in [3.63, 3.8) is 0 Å². The summed E-state index contributed by atoms with van der Waals surface area (Å²) in [6.45, 7) is 1.97. The predicted molar refractivity (Wildman–Crippen MR) is 82.0 cm³/mol. The van der Waals surface area contributed by atoms with Crippen LogP contribution < -0.4 is 24.2 Å². The topological polar surface area (TPSA) is 85.9 Å². The molecule has 0 bridgehead atoms. The normalized spacial score (nSPS) is 12.6. The molecule has 0 fully saturated rings. The molecule has 0 aromatic heterocycles. The molecule has 0 aliphatic rings. The number of benzene rings is 1. The lowest BCUT2D eigenvalue weighted by atomic mass is 10.2. The second kappa shape index (κ2) is 7.37. The van der Waals surface area contributed by atoms with Gasteiger partial charge in [0, 0.05) is 18.7 Å². The van der Waals surface area contributed by atoms with Crippen LogP contribution in [0, 0.1) is 0 Å². The number of ether oxygens (including phenoxy) is 3. The van der Waals surface area contributed by atoms with Crippen LogP contribution in [0.25, 0.3) is 0 Å². The van der Waals surface area contributed by atoms with E-state index in [1.54, 1.807) is 26.1 Å². The second-order valence-electron chi connectivity index (χ2n) is 4.43. The summed E-state index contributed by atoms with van der Waals surface area (Å²) in [5.41, 5.74) is 0.354. The van der Waals surface area contributed by atoms with Gasteiger partial charge in [0.1, 0.15) is 0 Å². The summed E-state index contributed by atoms with van der Waals surface area (Å²) in [5, 5.41) is 2.25. The van der Waals surface area contributed by atoms with Gasteiger partial charge in [-0.3, -0.25) is 4.72 Å². The number of methoxy groups -OCH3 is 3. The maximum Gasteiger partial charge on any atom is 0.236 e. The van der Waals surface area contributed by atoms with Crippen molar-refractivity contribution in [2.45, 2.75) is 12.2 Å². The molecule has 21 heavy (non-hydrogen) atoms. The number of sulfonamides is 1. The zero-order valence-electron chi connectivity index (χ0n) is 12.9. The summed E-state index contributed by atoms with van der Waals surface area (Å²) >= 11 is 0. The highest BCUT2D eigenvalue weighted by Gasteiger charge is 2.22. The van der Waals surface area contributed by atoms with Gasteiger partial charge in [-0.1, -0.05) is 0 Å². The molecule has 0 spiro atoms. The molecule has 2 N–H and O–H groups in total. The number of anilines is 1. The van der Waals surface area contributed by atoms with Crippen LogP contribution in [0.3, 0.4) is 0 Å². The van der Waals surface area contributed by atoms with Crippen LogP contribution >= 0.6 is 0 Å². The molecule has 1 atom stereocenters. The minimum absolute atomic E-state index is 0.347. The smallest absolute Gasteiger partial charge is 0.236 e. The third-order valence-electron chi connectivity index (χ3n) is 2.95. The summed E-state index contributed by atoms with van der Waals surface area (Å²) in [7, 11) is 2.62. The summed E-state index contributed by atoms with van der Waals surface area (Å²) in [6.07, 6.45) is 0. The van der Waals surface area contributed by atoms with Gasteiger partial charge in [0.15, 0.2) is 11.5 Å². The summed E-state index contributed by atoms with van der Waals surface area (Å²) in [6, 6.07) is 3.09. The lowest BCUT2D eigenvalue weighted by Gasteiger charge is -2.17. The minimum Gasteiger partial charge on any atom is -0.493 e. The van der Waals surface area contributed by atoms with Crippen molar-refractivity contribution in [2.24, 2.45) is 0 Å². The molecule has 120 valence electrons. The van der Waals surface area contributed by atoms with Crippen molar-refractivity contribution < 1.29 is 22.6 Å². The van der Waals surface area contributed by atoms with Crippen LogP contribution in [0.1, 0.15) is 6.92 Å². The highest BCUT2D eigenvalue weighted by atomic mass is 32.2. The largest absolute Gasteiger partial charge is 0.493 e. The van der Waals surface area contributed by atoms with Gasteiger partial charge in [-0.25, -0.2) is 8.42 Å². The summed E-state index contributed by atoms with van der Waals surface area (Å²) < 4.78 is 42.5. The molecule has 1 aromatic rings. The molecular formula is C13H22N2O5S. The summed E-state index contributed by atoms with van der Waals surface area (Å²) in [4.78, 5) is 0. The van der Waals surface area contributed by atoms with E-state index in [0.717, 1.165) is 0 Å². The van der Waals surface area contributed by atoms with Gasteiger partial charge in [0.2, 0.25) is 15.8 Å². The Labute approximate surface area is 125 Å². The van der Waals surface area contributed by atoms with E-state index < -0.39 is 15.3 Å². The highest BCUT2D eigenvalue weighted by molar-refractivity contribution is 7.93. The van der Waals surface area contributed by atoms with Gasteiger partial charge < -0.3 is 19.5 Å². The first-order valence-electron chi connectivity index (χ1n) is 6.35. The van der Waals surface area contributed by atoms with Gasteiger partial charge in [-0.15, -0.1) is 0 Å². The Hall–Kier alpha value is -1.67. The lowest BCUT2D eigenvalue weighted by Crippen LogP contribution is -2.33. The third-order valence-corrected chi connectivity index (χ3v) is 4.69. The Morgan fingerprint density at radius 3 is 2.00 bits per heavy atom. The maximum absolute atomic E-state index is 12.2. The quantitative estimate of drug-likeness (QED) is 0.745. The van der Waals surface area contributed by atoms with Crippen LogP contribution in [-0.4, -0.2) is 48.6 Å². The zero-order chi connectivity index (χ0) is 16.0. The third kappa shape index (κ3) is 4.15. The fraction of sp³-hybridized carbons (Fsp3) is 0.538. The molecule has 0 saturated heterocycles. The van der Waals surface area contributed by atoms with Gasteiger partial charge in [-0.2, -0.15) is 0 Å². The van der Waals surface area contributed by atoms with Gasteiger partial charge in [0.25, 0.3) is 0 Å². The van der Waals surface area contributed by atoms with Crippen molar-refractivity contribution in [1.82, 2.24) is 5.32 Å². The molecule has 7 nitrogen and oxygen atoms in total. The van der Waals surface area contributed by atoms with Crippen molar-refractivity contribution in [3.05, 3.63) is 12.1 Å². The summed E-state index contributed by atoms with van der Waals surface area (Å²) in [5.74, 6) is 1.18. The average Bonchev–Trinajstić information content (AvgIpc) is 2.45. The Morgan fingerprint density at radius 1 is 1.10 bits per heavy atom. The molecule has 0 aliphatic carbocycles. The van der Waals surface area contributed by atoms with E-state index in [-0.39, 0.29) is 0 Å². The van der Waals surface area contributed by atoms with Crippen LogP contribution in [-0.2, 0) is 10.0 Å². The standard InChI is InChI=1S/C13H22N2O5S/c1-9(8-14-2)21(16,17)15-10-6-11(18-3)13(20-5)12(7-10)19-4/h6-7,9,14-15H,8H2,1-5H3. The zero-order valence-corrected chi connectivity index (χ0v) is 13.7. The van der Waals surface area contributed by atoms with Gasteiger partial charge in [0.05, 0.1) is 32.3 Å². The molecule has 8 heteroatoms. The van der Waals surface area contributed by atoms with Crippen LogP contribution in [0.5, 0.6) is 17.2 Å². The highest BCUT2D eigenvalue weighted by Crippen LogP contribution is 2.40. The molecule has 1 aromatic carbocycles. The van der Waals surface area contributed by atoms with Crippen LogP contribution in [0.4, 0.5) is 5.69 Å². The number of rotatable bonds is 8. The Balaban J connectivity index is 3.15. The van der Waals surface area contributed by atoms with E-state index in [2.05, 4.69) is 10.0 Å². The van der Waals surface area contributed by atoms with Gasteiger partial charge >= 0.3 is 0 Å². The molecule has 0 amide bonds. The number of nitrogens with one attached hydrogen (secondary N) is 2. The van der Waals surface area contributed by atoms with E-state index in [1.165, 1.54) is 21.3 Å². The minimum atomic E-state index is -3.51. The first-order valence-corrected chi connectivity index (χ1v) is 7.90. The molecule has 0 heterocycles. The Bertz CT molecular complexity index is 549. The lowest BCUT2D eigenvalue weighted by molar-refractivity contribution is 0.324. The number of hydrogen-bond acceptors (Lipinski definition) is 6. The van der Waals surface area contributed by atoms with Crippen LogP contribution in [0.15, 0.2) is 12.1 Å². The predicted octanol–water partition coefficient (Wildman–Crippen LogP) is 1.06. The molecular weight excluding hydrogens is 296 g/mol. The van der Waals surface area contributed by atoms with E-state index in [9.17, 15) is 8.42 Å². The average molecular weight is 318 g/mol. The Kier molecular flexibility index (Phi) is 6.10. The monoisotopic (exact) mass is 318 g/mol. The van der Waals surface area contributed by atoms with E-state index in [4.69, 9.17) is 14.2 Å². The van der Waals surface area contributed by atoms with Crippen molar-refractivity contribution in [1.29, 1.82) is 0 Å². The van der Waals surface area contributed by atoms with Crippen molar-refractivity contribution >= 4 is 15.7 Å². The molecule has 1 rings (SSSR count). The fourth-order valence-electron chi connectivity index (χ4n) is 1.80. The first kappa shape index (κ1) is 17.4. The fourth-order valence-corrected chi connectivity index (χ4v) is 2.84. The van der Waals surface area contributed by atoms with Gasteiger partial charge in [-0.05, 0) is 14.0 Å². The first-order chi connectivity index (χ1) is 9.89. The Morgan fingerprint density at radius 2 is 1.62 bits per heavy atom. The molecule has 0 radical (unpaired) electrons. The SMILES string of the molecule is CNCC(C)S(=O)(=O)Nc1cc(OC)c(OC)c(OC)c1. The van der Waals surface area contributed by atoms with Crippen molar-refractivity contribution in [2.75, 3.05) is 39.6 Å². The van der Waals surface area contributed by atoms with Crippen molar-refractivity contribution in [3.8, 4) is 17.2 Å². The molecule has 1 unspecified atom stereocenters.